The number of ether oxygens (including phenoxy) is 3. The monoisotopic (exact) mass is 333 g/mol. The van der Waals surface area contributed by atoms with Gasteiger partial charge in [0.05, 0.1) is 13.2 Å². The predicted molar refractivity (Wildman–Crippen MR) is 83.1 cm³/mol. The van der Waals surface area contributed by atoms with Gasteiger partial charge >= 0.3 is 11.9 Å². The van der Waals surface area contributed by atoms with Gasteiger partial charge in [0.25, 0.3) is 5.79 Å². The first-order valence-corrected chi connectivity index (χ1v) is 8.26. The maximum Gasteiger partial charge on any atom is 0.349 e. The fraction of sp³-hybridized carbons (Fsp3) is 0.529. The van der Waals surface area contributed by atoms with Gasteiger partial charge in [-0.05, 0) is 18.9 Å². The Balaban J connectivity index is 1.52. The fourth-order valence-electron chi connectivity index (χ4n) is 3.30. The number of furan rings is 1. The van der Waals surface area contributed by atoms with E-state index in [2.05, 4.69) is 4.90 Å². The zero-order valence-corrected chi connectivity index (χ0v) is 13.3. The highest BCUT2D eigenvalue weighted by atomic mass is 16.7. The van der Waals surface area contributed by atoms with Gasteiger partial charge in [0.1, 0.15) is 11.3 Å². The topological polar surface area (TPSA) is 78.2 Å². The average Bonchev–Trinajstić information content (AvgIpc) is 3.22. The lowest BCUT2D eigenvalue weighted by atomic mass is 10.1. The Kier molecular flexibility index (Phi) is 3.80. The van der Waals surface area contributed by atoms with Crippen molar-refractivity contribution < 1.29 is 28.2 Å². The first-order valence-electron chi connectivity index (χ1n) is 8.26. The molecule has 2 aliphatic heterocycles. The molecule has 7 heteroatoms. The Morgan fingerprint density at radius 3 is 2.33 bits per heavy atom. The molecule has 24 heavy (non-hydrogen) atoms. The van der Waals surface area contributed by atoms with Crippen molar-refractivity contribution in [3.8, 4) is 0 Å². The molecule has 2 saturated heterocycles. The van der Waals surface area contributed by atoms with Crippen molar-refractivity contribution in [2.75, 3.05) is 31.2 Å². The third-order valence-electron chi connectivity index (χ3n) is 4.58. The Morgan fingerprint density at radius 1 is 1.00 bits per heavy atom. The number of rotatable bonds is 2. The maximum atomic E-state index is 12.2. The van der Waals surface area contributed by atoms with Crippen molar-refractivity contribution >= 4 is 23.9 Å². The second-order valence-corrected chi connectivity index (χ2v) is 6.23. The van der Waals surface area contributed by atoms with Gasteiger partial charge in [-0.15, -0.1) is 0 Å². The molecule has 1 saturated carbocycles. The van der Waals surface area contributed by atoms with Crippen molar-refractivity contribution in [2.45, 2.75) is 31.5 Å². The molecule has 0 amide bonds. The molecule has 1 aliphatic carbocycles. The van der Waals surface area contributed by atoms with Gasteiger partial charge in [-0.25, -0.2) is 9.59 Å². The van der Waals surface area contributed by atoms with E-state index in [1.165, 1.54) is 6.08 Å². The van der Waals surface area contributed by atoms with Gasteiger partial charge in [0, 0.05) is 38.1 Å². The molecule has 1 aromatic rings. The molecular formula is C17H19NO6. The molecule has 0 atom stereocenters. The quantitative estimate of drug-likeness (QED) is 0.464. The van der Waals surface area contributed by atoms with Gasteiger partial charge in [-0.3, -0.25) is 0 Å². The number of carbonyl (C=O) groups is 2. The maximum absolute atomic E-state index is 12.2. The van der Waals surface area contributed by atoms with Gasteiger partial charge in [0.2, 0.25) is 0 Å². The number of carbonyl (C=O) groups excluding carboxylic acids is 2. The van der Waals surface area contributed by atoms with Crippen LogP contribution in [0.4, 0.5) is 5.88 Å². The lowest BCUT2D eigenvalue weighted by molar-refractivity contribution is -0.232. The minimum Gasteiger partial charge on any atom is -0.441 e. The highest BCUT2D eigenvalue weighted by molar-refractivity contribution is 6.18. The summed E-state index contributed by atoms with van der Waals surface area (Å²) in [5, 5.41) is 0. The molecular weight excluding hydrogens is 314 g/mol. The van der Waals surface area contributed by atoms with Crippen molar-refractivity contribution in [1.82, 2.24) is 0 Å². The van der Waals surface area contributed by atoms with Crippen molar-refractivity contribution in [2.24, 2.45) is 0 Å². The number of esters is 2. The van der Waals surface area contributed by atoms with E-state index in [4.69, 9.17) is 18.6 Å². The molecule has 3 fully saturated rings. The van der Waals surface area contributed by atoms with Crippen LogP contribution in [0.5, 0.6) is 0 Å². The first kappa shape index (κ1) is 15.3. The van der Waals surface area contributed by atoms with Crippen LogP contribution in [-0.2, 0) is 23.8 Å². The second-order valence-electron chi connectivity index (χ2n) is 6.23. The number of hydrogen-bond acceptors (Lipinski definition) is 7. The smallest absolute Gasteiger partial charge is 0.349 e. The number of anilines is 1. The minimum absolute atomic E-state index is 0.129. The molecule has 4 rings (SSSR count). The molecule has 3 heterocycles. The molecule has 128 valence electrons. The molecule has 0 radical (unpaired) electrons. The number of morpholine rings is 1. The molecule has 1 aromatic heterocycles. The largest absolute Gasteiger partial charge is 0.441 e. The van der Waals surface area contributed by atoms with E-state index in [1.54, 1.807) is 6.07 Å². The van der Waals surface area contributed by atoms with Crippen LogP contribution in [-0.4, -0.2) is 44.0 Å². The Morgan fingerprint density at radius 2 is 1.67 bits per heavy atom. The molecule has 7 nitrogen and oxygen atoms in total. The molecule has 0 unspecified atom stereocenters. The van der Waals surface area contributed by atoms with E-state index in [0.717, 1.165) is 25.9 Å². The van der Waals surface area contributed by atoms with Crippen LogP contribution in [0.15, 0.2) is 22.1 Å². The standard InChI is InChI=1S/C17H19NO6/c19-15-13(16(20)24-17(23-15)5-1-2-6-17)11-12-3-4-14(22-12)18-7-9-21-10-8-18/h3-4,11H,1-2,5-10H2. The third-order valence-corrected chi connectivity index (χ3v) is 4.58. The van der Waals surface area contributed by atoms with Crippen LogP contribution in [0.25, 0.3) is 6.08 Å². The Bertz CT molecular complexity index is 657. The van der Waals surface area contributed by atoms with Gasteiger partial charge < -0.3 is 23.5 Å². The van der Waals surface area contributed by atoms with Gasteiger partial charge in [0.15, 0.2) is 5.88 Å². The highest BCUT2D eigenvalue weighted by Crippen LogP contribution is 2.38. The molecule has 3 aliphatic rings. The third kappa shape index (κ3) is 2.80. The molecule has 0 N–H and O–H groups in total. The molecule has 0 bridgehead atoms. The minimum atomic E-state index is -1.05. The first-order chi connectivity index (χ1) is 11.7. The van der Waals surface area contributed by atoms with E-state index in [1.807, 2.05) is 6.07 Å². The highest BCUT2D eigenvalue weighted by Gasteiger charge is 2.48. The zero-order valence-electron chi connectivity index (χ0n) is 13.3. The SMILES string of the molecule is O=C1OC2(CCCC2)OC(=O)C1=Cc1ccc(N2CCOCC2)o1. The van der Waals surface area contributed by atoms with Crippen molar-refractivity contribution in [1.29, 1.82) is 0 Å². The summed E-state index contributed by atoms with van der Waals surface area (Å²) in [5.74, 6) is -1.22. The summed E-state index contributed by atoms with van der Waals surface area (Å²) in [6.07, 6.45) is 4.30. The van der Waals surface area contributed by atoms with Crippen molar-refractivity contribution in [3.05, 3.63) is 23.5 Å². The van der Waals surface area contributed by atoms with Crippen LogP contribution < -0.4 is 4.90 Å². The van der Waals surface area contributed by atoms with Gasteiger partial charge in [-0.2, -0.15) is 0 Å². The summed E-state index contributed by atoms with van der Waals surface area (Å²) in [4.78, 5) is 26.5. The van der Waals surface area contributed by atoms with Crippen LogP contribution in [0.1, 0.15) is 31.4 Å². The zero-order chi connectivity index (χ0) is 16.6. The number of hydrogen-bond donors (Lipinski definition) is 0. The van der Waals surface area contributed by atoms with Crippen LogP contribution in [0.2, 0.25) is 0 Å². The van der Waals surface area contributed by atoms with Crippen LogP contribution >= 0.6 is 0 Å². The number of nitrogens with zero attached hydrogens (tertiary/aromatic N) is 1. The second kappa shape index (κ2) is 5.98. The predicted octanol–water partition coefficient (Wildman–Crippen LogP) is 1.87. The van der Waals surface area contributed by atoms with E-state index in [0.29, 0.717) is 37.7 Å². The van der Waals surface area contributed by atoms with E-state index < -0.39 is 17.7 Å². The normalized spacial score (nSPS) is 23.3. The van der Waals surface area contributed by atoms with Gasteiger partial charge in [-0.1, -0.05) is 0 Å². The summed E-state index contributed by atoms with van der Waals surface area (Å²) >= 11 is 0. The van der Waals surface area contributed by atoms with Crippen LogP contribution in [0.3, 0.4) is 0 Å². The summed E-state index contributed by atoms with van der Waals surface area (Å²) in [5.41, 5.74) is -0.129. The Hall–Kier alpha value is -2.28. The van der Waals surface area contributed by atoms with Crippen LogP contribution in [0, 0.1) is 0 Å². The summed E-state index contributed by atoms with van der Waals surface area (Å²) in [7, 11) is 0. The van der Waals surface area contributed by atoms with E-state index in [9.17, 15) is 9.59 Å². The fourth-order valence-corrected chi connectivity index (χ4v) is 3.30. The average molecular weight is 333 g/mol. The lowest BCUT2D eigenvalue weighted by Gasteiger charge is -2.32. The molecule has 0 aromatic carbocycles. The van der Waals surface area contributed by atoms with E-state index in [-0.39, 0.29) is 5.57 Å². The molecule has 1 spiro atoms. The summed E-state index contributed by atoms with van der Waals surface area (Å²) < 4.78 is 21.8. The Labute approximate surface area is 139 Å². The van der Waals surface area contributed by atoms with E-state index >= 15 is 0 Å². The lowest BCUT2D eigenvalue weighted by Crippen LogP contribution is -2.44. The summed E-state index contributed by atoms with van der Waals surface area (Å²) in [6, 6.07) is 3.54. The summed E-state index contributed by atoms with van der Waals surface area (Å²) in [6.45, 7) is 2.79. The van der Waals surface area contributed by atoms with Crippen molar-refractivity contribution in [3.63, 3.8) is 0 Å².